The van der Waals surface area contributed by atoms with Crippen LogP contribution in [0.3, 0.4) is 0 Å². The summed E-state index contributed by atoms with van der Waals surface area (Å²) in [5.74, 6) is 1.87. The SMILES string of the molecule is COC(=O)C(CC1CCCCC1)c1ccc(OCc2ccc3ccccc3n2)cc1.COC(=O)C(c1ccc(OCc2ccc3ccccc3n2)cc1)C1CCCC1. The molecule has 2 aliphatic rings. The van der Waals surface area contributed by atoms with Crippen molar-refractivity contribution < 1.29 is 28.5 Å². The molecule has 2 aromatic heterocycles. The third-order valence-corrected chi connectivity index (χ3v) is 11.7. The van der Waals surface area contributed by atoms with Crippen LogP contribution in [0.5, 0.6) is 11.5 Å². The average molecular weight is 779 g/mol. The molecule has 6 aromatic rings. The minimum atomic E-state index is -0.200. The maximum Gasteiger partial charge on any atom is 0.313 e. The Hall–Kier alpha value is -5.76. The quantitative estimate of drug-likeness (QED) is 0.107. The number of pyridine rings is 2. The zero-order valence-electron chi connectivity index (χ0n) is 33.7. The maximum atomic E-state index is 12.4. The van der Waals surface area contributed by atoms with Gasteiger partial charge in [0.25, 0.3) is 0 Å². The van der Waals surface area contributed by atoms with Crippen LogP contribution in [-0.2, 0) is 32.3 Å². The van der Waals surface area contributed by atoms with Crippen molar-refractivity contribution in [3.05, 3.63) is 144 Å². The second-order valence-electron chi connectivity index (χ2n) is 15.6. The molecule has 4 aromatic carbocycles. The zero-order chi connectivity index (χ0) is 40.1. The molecule has 0 spiro atoms. The van der Waals surface area contributed by atoms with Gasteiger partial charge in [-0.2, -0.15) is 0 Å². The second kappa shape index (κ2) is 20.1. The van der Waals surface area contributed by atoms with E-state index in [2.05, 4.69) is 28.2 Å². The van der Waals surface area contributed by atoms with Crippen LogP contribution in [0.25, 0.3) is 21.8 Å². The lowest BCUT2D eigenvalue weighted by Crippen LogP contribution is -2.21. The monoisotopic (exact) mass is 778 g/mol. The number of hydrogen-bond donors (Lipinski definition) is 0. The molecule has 0 N–H and O–H groups in total. The average Bonchev–Trinajstić information content (AvgIpc) is 3.82. The number of carbonyl (C=O) groups excluding carboxylic acids is 2. The summed E-state index contributed by atoms with van der Waals surface area (Å²) in [7, 11) is 2.95. The molecular formula is C50H54N2O6. The first-order chi connectivity index (χ1) is 28.5. The topological polar surface area (TPSA) is 96.8 Å². The summed E-state index contributed by atoms with van der Waals surface area (Å²) < 4.78 is 22.0. The summed E-state index contributed by atoms with van der Waals surface area (Å²) in [6.07, 6.45) is 11.7. The van der Waals surface area contributed by atoms with Crippen LogP contribution >= 0.6 is 0 Å². The number of ether oxygens (including phenoxy) is 4. The smallest absolute Gasteiger partial charge is 0.313 e. The fraction of sp³-hybridized carbons (Fsp3) is 0.360. The van der Waals surface area contributed by atoms with Gasteiger partial charge in [-0.1, -0.05) is 118 Å². The van der Waals surface area contributed by atoms with Gasteiger partial charge >= 0.3 is 11.9 Å². The zero-order valence-corrected chi connectivity index (χ0v) is 33.7. The minimum Gasteiger partial charge on any atom is -0.487 e. The number of benzene rings is 4. The van der Waals surface area contributed by atoms with Gasteiger partial charge in [0, 0.05) is 10.8 Å². The summed E-state index contributed by atoms with van der Waals surface area (Å²) in [4.78, 5) is 34.1. The molecule has 300 valence electrons. The summed E-state index contributed by atoms with van der Waals surface area (Å²) in [6, 6.07) is 39.9. The third kappa shape index (κ3) is 10.6. The number of aromatic nitrogens is 2. The Morgan fingerprint density at radius 2 is 1.03 bits per heavy atom. The lowest BCUT2D eigenvalue weighted by atomic mass is 9.80. The van der Waals surface area contributed by atoms with Crippen LogP contribution in [0.2, 0.25) is 0 Å². The standard InChI is InChI=1S/C26H29NO3.C24H25NO3/c1-29-26(28)24(17-19-7-3-2-4-8-19)20-12-15-23(16-13-20)30-18-22-14-11-21-9-5-6-10-25(21)27-22;1-27-24(26)23(18-7-2-3-8-18)19-11-14-21(15-12-19)28-16-20-13-10-17-6-4-5-9-22(17)25-20/h5-6,9-16,19,24H,2-4,7-8,17-18H2,1H3;4-6,9-15,18,23H,2-3,7-8,16H2,1H3. The number of nitrogens with zero attached hydrogens (tertiary/aromatic N) is 2. The van der Waals surface area contributed by atoms with Crippen molar-refractivity contribution in [2.45, 2.75) is 89.3 Å². The molecule has 8 heteroatoms. The summed E-state index contributed by atoms with van der Waals surface area (Å²) >= 11 is 0. The van der Waals surface area contributed by atoms with Crippen molar-refractivity contribution in [1.82, 2.24) is 9.97 Å². The van der Waals surface area contributed by atoms with Crippen molar-refractivity contribution in [1.29, 1.82) is 0 Å². The van der Waals surface area contributed by atoms with E-state index in [0.29, 0.717) is 25.0 Å². The molecule has 0 amide bonds. The Balaban J connectivity index is 0.000000177. The Labute approximate surface area is 341 Å². The van der Waals surface area contributed by atoms with E-state index in [1.165, 1.54) is 59.2 Å². The van der Waals surface area contributed by atoms with Gasteiger partial charge in [0.1, 0.15) is 24.7 Å². The molecule has 58 heavy (non-hydrogen) atoms. The van der Waals surface area contributed by atoms with Crippen LogP contribution < -0.4 is 9.47 Å². The van der Waals surface area contributed by atoms with Crippen LogP contribution in [0, 0.1) is 11.8 Å². The van der Waals surface area contributed by atoms with E-state index in [1.807, 2.05) is 103 Å². The molecule has 8 rings (SSSR count). The highest BCUT2D eigenvalue weighted by Crippen LogP contribution is 2.39. The second-order valence-corrected chi connectivity index (χ2v) is 15.6. The van der Waals surface area contributed by atoms with Crippen molar-refractivity contribution in [3.63, 3.8) is 0 Å². The molecule has 2 atom stereocenters. The number of para-hydroxylation sites is 2. The van der Waals surface area contributed by atoms with Gasteiger partial charge in [-0.05, 0) is 90.8 Å². The molecule has 0 saturated heterocycles. The van der Waals surface area contributed by atoms with Crippen LogP contribution in [0.4, 0.5) is 0 Å². The van der Waals surface area contributed by atoms with E-state index < -0.39 is 0 Å². The van der Waals surface area contributed by atoms with Crippen molar-refractivity contribution in [2.24, 2.45) is 11.8 Å². The molecule has 0 bridgehead atoms. The van der Waals surface area contributed by atoms with Crippen molar-refractivity contribution in [3.8, 4) is 11.5 Å². The van der Waals surface area contributed by atoms with E-state index in [1.54, 1.807) is 0 Å². The number of rotatable bonds is 13. The summed E-state index contributed by atoms with van der Waals surface area (Å²) in [5, 5.41) is 2.24. The number of hydrogen-bond acceptors (Lipinski definition) is 8. The number of carbonyl (C=O) groups is 2. The van der Waals surface area contributed by atoms with E-state index in [9.17, 15) is 9.59 Å². The molecule has 0 radical (unpaired) electrons. The van der Waals surface area contributed by atoms with Gasteiger partial charge in [-0.3, -0.25) is 9.59 Å². The first-order valence-corrected chi connectivity index (χ1v) is 20.8. The van der Waals surface area contributed by atoms with E-state index in [0.717, 1.165) is 75.1 Å². The first kappa shape index (κ1) is 40.4. The highest BCUT2D eigenvalue weighted by atomic mass is 16.5. The molecular weight excluding hydrogens is 725 g/mol. The molecule has 0 aliphatic heterocycles. The summed E-state index contributed by atoms with van der Waals surface area (Å²) in [5.41, 5.74) is 5.73. The van der Waals surface area contributed by atoms with Crippen LogP contribution in [0.1, 0.15) is 98.6 Å². The molecule has 2 aliphatic carbocycles. The van der Waals surface area contributed by atoms with Crippen molar-refractivity contribution in [2.75, 3.05) is 14.2 Å². The third-order valence-electron chi connectivity index (χ3n) is 11.7. The van der Waals surface area contributed by atoms with Gasteiger partial charge in [0.05, 0.1) is 48.5 Å². The lowest BCUT2D eigenvalue weighted by Gasteiger charge is -2.25. The molecule has 2 saturated carbocycles. The predicted octanol–water partition coefficient (Wildman–Crippen LogP) is 11.3. The van der Waals surface area contributed by atoms with Gasteiger partial charge in [0.15, 0.2) is 0 Å². The highest BCUT2D eigenvalue weighted by molar-refractivity contribution is 5.80. The lowest BCUT2D eigenvalue weighted by molar-refractivity contribution is -0.144. The van der Waals surface area contributed by atoms with Crippen LogP contribution in [0.15, 0.2) is 121 Å². The van der Waals surface area contributed by atoms with Crippen LogP contribution in [-0.4, -0.2) is 36.1 Å². The summed E-state index contributed by atoms with van der Waals surface area (Å²) in [6.45, 7) is 0.819. The fourth-order valence-corrected chi connectivity index (χ4v) is 8.54. The Morgan fingerprint density at radius 3 is 1.55 bits per heavy atom. The van der Waals surface area contributed by atoms with Gasteiger partial charge in [-0.25, -0.2) is 9.97 Å². The predicted molar refractivity (Wildman–Crippen MR) is 228 cm³/mol. The van der Waals surface area contributed by atoms with Gasteiger partial charge in [0.2, 0.25) is 0 Å². The molecule has 2 heterocycles. The van der Waals surface area contributed by atoms with E-state index in [-0.39, 0.29) is 23.8 Å². The Kier molecular flexibility index (Phi) is 14.0. The first-order valence-electron chi connectivity index (χ1n) is 20.8. The largest absolute Gasteiger partial charge is 0.487 e. The number of fused-ring (bicyclic) bond motifs is 2. The molecule has 8 nitrogen and oxygen atoms in total. The number of esters is 2. The molecule has 2 unspecified atom stereocenters. The fourth-order valence-electron chi connectivity index (χ4n) is 8.54. The molecule has 2 fully saturated rings. The normalized spacial score (nSPS) is 15.6. The number of methoxy groups -OCH3 is 2. The highest BCUT2D eigenvalue weighted by Gasteiger charge is 2.33. The van der Waals surface area contributed by atoms with Crippen molar-refractivity contribution >= 4 is 33.7 Å². The van der Waals surface area contributed by atoms with E-state index in [4.69, 9.17) is 18.9 Å². The Bertz CT molecular complexity index is 2240. The van der Waals surface area contributed by atoms with E-state index >= 15 is 0 Å². The van der Waals surface area contributed by atoms with Gasteiger partial charge < -0.3 is 18.9 Å². The Morgan fingerprint density at radius 1 is 0.552 bits per heavy atom. The van der Waals surface area contributed by atoms with Gasteiger partial charge in [-0.15, -0.1) is 0 Å². The minimum absolute atomic E-state index is 0.138. The maximum absolute atomic E-state index is 12.4.